The minimum absolute atomic E-state index is 0.158. The molecule has 2 N–H and O–H groups in total. The predicted octanol–water partition coefficient (Wildman–Crippen LogP) is 3.17. The number of carboxylic acid groups (broad SMARTS) is 1. The number of piperidine rings is 1. The van der Waals surface area contributed by atoms with Gasteiger partial charge in [-0.1, -0.05) is 36.4 Å². The van der Waals surface area contributed by atoms with Crippen molar-refractivity contribution in [2.45, 2.75) is 24.9 Å². The molecule has 0 aromatic heterocycles. The van der Waals surface area contributed by atoms with Gasteiger partial charge in [-0.05, 0) is 55.0 Å². The fourth-order valence-electron chi connectivity index (χ4n) is 5.00. The van der Waals surface area contributed by atoms with E-state index in [1.807, 2.05) is 36.4 Å². The van der Waals surface area contributed by atoms with E-state index >= 15 is 0 Å². The smallest absolute Gasteiger partial charge is 0.339 e. The second-order valence-electron chi connectivity index (χ2n) is 8.04. The van der Waals surface area contributed by atoms with Crippen LogP contribution in [0.15, 0.2) is 48.5 Å². The number of aliphatic hydroxyl groups is 1. The van der Waals surface area contributed by atoms with Crippen LogP contribution in [0.5, 0.6) is 5.75 Å². The summed E-state index contributed by atoms with van der Waals surface area (Å²) >= 11 is 0. The first-order valence-corrected chi connectivity index (χ1v) is 9.91. The maximum Gasteiger partial charge on any atom is 0.339 e. The van der Waals surface area contributed by atoms with Crippen LogP contribution in [0, 0.1) is 11.8 Å². The normalized spacial score (nSPS) is 25.4. The molecule has 0 saturated carbocycles. The molecule has 2 aromatic carbocycles. The molecular weight excluding hydrogens is 354 g/mol. The summed E-state index contributed by atoms with van der Waals surface area (Å²) in [6, 6.07) is 15.2. The molecular formula is C23H27NO4. The van der Waals surface area contributed by atoms with E-state index < -0.39 is 11.6 Å². The first kappa shape index (κ1) is 19.0. The molecule has 0 spiro atoms. The molecule has 28 heavy (non-hydrogen) atoms. The average Bonchev–Trinajstić information content (AvgIpc) is 3.36. The number of aromatic carboxylic acids is 1. The van der Waals surface area contributed by atoms with E-state index in [0.29, 0.717) is 24.5 Å². The van der Waals surface area contributed by atoms with Gasteiger partial charge in [0.1, 0.15) is 11.3 Å². The Morgan fingerprint density at radius 2 is 2.00 bits per heavy atom. The van der Waals surface area contributed by atoms with Crippen LogP contribution in [-0.2, 0) is 12.0 Å². The fourth-order valence-corrected chi connectivity index (χ4v) is 5.00. The zero-order valence-electron chi connectivity index (χ0n) is 16.2. The molecule has 2 aromatic rings. The number of carbonyl (C=O) groups is 1. The van der Waals surface area contributed by atoms with E-state index in [1.54, 1.807) is 12.1 Å². The molecule has 2 bridgehead atoms. The highest BCUT2D eigenvalue weighted by Gasteiger charge is 2.49. The zero-order valence-corrected chi connectivity index (χ0v) is 16.2. The van der Waals surface area contributed by atoms with Gasteiger partial charge >= 0.3 is 5.97 Å². The summed E-state index contributed by atoms with van der Waals surface area (Å²) < 4.78 is 5.25. The van der Waals surface area contributed by atoms with E-state index in [9.17, 15) is 15.0 Å². The molecule has 4 rings (SSSR count). The van der Waals surface area contributed by atoms with Gasteiger partial charge in [-0.25, -0.2) is 4.79 Å². The maximum atomic E-state index is 11.9. The standard InChI is InChI=1S/C23H27NO4/c1-28-21-13-16(7-8-19(21)22(25)26)9-11-23(27,18-5-3-2-4-6-18)20-15-24-12-10-17(20)14-24/h2-8,13,17,20,27H,9-12,14-15H2,1H3,(H,25,26). The predicted molar refractivity (Wildman–Crippen MR) is 107 cm³/mol. The molecule has 2 aliphatic heterocycles. The van der Waals surface area contributed by atoms with Crippen molar-refractivity contribution in [3.8, 4) is 5.75 Å². The number of carboxylic acids is 1. The van der Waals surface area contributed by atoms with Crippen LogP contribution in [-0.4, -0.2) is 47.8 Å². The molecule has 2 saturated heterocycles. The summed E-state index contributed by atoms with van der Waals surface area (Å²) in [5, 5.41) is 21.2. The minimum atomic E-state index is -1.000. The summed E-state index contributed by atoms with van der Waals surface area (Å²) in [7, 11) is 1.48. The van der Waals surface area contributed by atoms with Gasteiger partial charge in [-0.2, -0.15) is 0 Å². The molecule has 148 valence electrons. The van der Waals surface area contributed by atoms with Crippen molar-refractivity contribution >= 4 is 5.97 Å². The number of rotatable bonds is 7. The molecule has 2 heterocycles. The molecule has 2 aliphatic rings. The molecule has 5 nitrogen and oxygen atoms in total. The molecule has 0 aliphatic carbocycles. The number of benzene rings is 2. The average molecular weight is 381 g/mol. The molecule has 0 amide bonds. The number of hydrogen-bond acceptors (Lipinski definition) is 4. The summed E-state index contributed by atoms with van der Waals surface area (Å²) in [5.41, 5.74) is 1.22. The monoisotopic (exact) mass is 381 g/mol. The van der Waals surface area contributed by atoms with Gasteiger partial charge in [0.05, 0.1) is 12.7 Å². The highest BCUT2D eigenvalue weighted by Crippen LogP contribution is 2.46. The van der Waals surface area contributed by atoms with Crippen molar-refractivity contribution in [3.05, 3.63) is 65.2 Å². The Morgan fingerprint density at radius 1 is 1.21 bits per heavy atom. The highest BCUT2D eigenvalue weighted by atomic mass is 16.5. The lowest BCUT2D eigenvalue weighted by atomic mass is 9.71. The van der Waals surface area contributed by atoms with Crippen molar-refractivity contribution < 1.29 is 19.7 Å². The third-order valence-electron chi connectivity index (χ3n) is 6.51. The van der Waals surface area contributed by atoms with Gasteiger partial charge in [0.2, 0.25) is 0 Å². The first-order valence-electron chi connectivity index (χ1n) is 9.91. The van der Waals surface area contributed by atoms with Crippen LogP contribution < -0.4 is 4.74 Å². The Morgan fingerprint density at radius 3 is 2.61 bits per heavy atom. The third-order valence-corrected chi connectivity index (χ3v) is 6.51. The third kappa shape index (κ3) is 3.40. The van der Waals surface area contributed by atoms with Crippen LogP contribution in [0.3, 0.4) is 0 Å². The summed E-state index contributed by atoms with van der Waals surface area (Å²) in [6.07, 6.45) is 2.41. The van der Waals surface area contributed by atoms with Crippen molar-refractivity contribution in [3.63, 3.8) is 0 Å². The molecule has 4 unspecified atom stereocenters. The van der Waals surface area contributed by atoms with Crippen molar-refractivity contribution in [1.82, 2.24) is 4.90 Å². The Bertz CT molecular complexity index is 853. The second-order valence-corrected chi connectivity index (χ2v) is 8.04. The Hall–Kier alpha value is -2.37. The van der Waals surface area contributed by atoms with E-state index in [-0.39, 0.29) is 11.5 Å². The van der Waals surface area contributed by atoms with Crippen LogP contribution in [0.1, 0.15) is 34.3 Å². The summed E-state index contributed by atoms with van der Waals surface area (Å²) in [6.45, 7) is 3.16. The van der Waals surface area contributed by atoms with Crippen molar-refractivity contribution in [2.75, 3.05) is 26.7 Å². The van der Waals surface area contributed by atoms with E-state index in [4.69, 9.17) is 4.74 Å². The molecule has 2 fully saturated rings. The van der Waals surface area contributed by atoms with Gasteiger partial charge in [-0.15, -0.1) is 0 Å². The molecule has 4 atom stereocenters. The Balaban J connectivity index is 1.59. The van der Waals surface area contributed by atoms with Gasteiger partial charge in [-0.3, -0.25) is 0 Å². The molecule has 5 heteroatoms. The Kier molecular flexibility index (Phi) is 5.13. The first-order chi connectivity index (χ1) is 13.5. The summed E-state index contributed by atoms with van der Waals surface area (Å²) in [5.74, 6) is 0.123. The maximum absolute atomic E-state index is 11.9. The lowest BCUT2D eigenvalue weighted by Gasteiger charge is -2.39. The van der Waals surface area contributed by atoms with Gasteiger partial charge < -0.3 is 19.8 Å². The number of hydrogen-bond donors (Lipinski definition) is 2. The van der Waals surface area contributed by atoms with Crippen molar-refractivity contribution in [1.29, 1.82) is 0 Å². The fraction of sp³-hybridized carbons (Fsp3) is 0.435. The SMILES string of the molecule is COc1cc(CCC(O)(c2ccccc2)C2CN3CCC2C3)ccc1C(=O)O. The van der Waals surface area contributed by atoms with Gasteiger partial charge in [0.15, 0.2) is 0 Å². The lowest BCUT2D eigenvalue weighted by Crippen LogP contribution is -2.42. The van der Waals surface area contributed by atoms with Crippen LogP contribution in [0.2, 0.25) is 0 Å². The zero-order chi connectivity index (χ0) is 19.7. The van der Waals surface area contributed by atoms with Gasteiger partial charge in [0.25, 0.3) is 0 Å². The number of ether oxygens (including phenoxy) is 1. The van der Waals surface area contributed by atoms with E-state index in [2.05, 4.69) is 4.90 Å². The molecule has 0 radical (unpaired) electrons. The highest BCUT2D eigenvalue weighted by molar-refractivity contribution is 5.90. The largest absolute Gasteiger partial charge is 0.496 e. The topological polar surface area (TPSA) is 70.0 Å². The van der Waals surface area contributed by atoms with Crippen LogP contribution in [0.4, 0.5) is 0 Å². The van der Waals surface area contributed by atoms with E-state index in [0.717, 1.165) is 37.2 Å². The Labute approximate surface area is 165 Å². The minimum Gasteiger partial charge on any atom is -0.496 e. The van der Waals surface area contributed by atoms with Gasteiger partial charge in [0, 0.05) is 19.0 Å². The van der Waals surface area contributed by atoms with E-state index in [1.165, 1.54) is 7.11 Å². The second kappa shape index (κ2) is 7.57. The van der Waals surface area contributed by atoms with Crippen molar-refractivity contribution in [2.24, 2.45) is 11.8 Å². The number of methoxy groups -OCH3 is 1. The quantitative estimate of drug-likeness (QED) is 0.771. The number of nitrogens with zero attached hydrogens (tertiary/aromatic N) is 1. The summed E-state index contributed by atoms with van der Waals surface area (Å²) in [4.78, 5) is 13.8. The number of fused-ring (bicyclic) bond motifs is 2. The lowest BCUT2D eigenvalue weighted by molar-refractivity contribution is -0.0495. The number of aryl methyl sites for hydroxylation is 1. The van der Waals surface area contributed by atoms with Crippen LogP contribution in [0.25, 0.3) is 0 Å². The van der Waals surface area contributed by atoms with Crippen LogP contribution >= 0.6 is 0 Å².